The first-order chi connectivity index (χ1) is 16.1. The summed E-state index contributed by atoms with van der Waals surface area (Å²) in [5, 5.41) is 3.01. The van der Waals surface area contributed by atoms with Crippen LogP contribution in [0.5, 0.6) is 0 Å². The summed E-state index contributed by atoms with van der Waals surface area (Å²) < 4.78 is 36.1. The Bertz CT molecular complexity index is 1170. The zero-order valence-electron chi connectivity index (χ0n) is 20.4. The van der Waals surface area contributed by atoms with Crippen molar-refractivity contribution in [3.8, 4) is 0 Å². The van der Waals surface area contributed by atoms with Crippen LogP contribution in [0.4, 0.5) is 0 Å². The molecule has 1 aliphatic carbocycles. The lowest BCUT2D eigenvalue weighted by atomic mass is 9.94. The summed E-state index contributed by atoms with van der Waals surface area (Å²) in [5.41, 5.74) is 1.51. The normalized spacial score (nSPS) is 23.0. The van der Waals surface area contributed by atoms with Gasteiger partial charge in [-0.05, 0) is 56.2 Å². The predicted octanol–water partition coefficient (Wildman–Crippen LogP) is 3.05. The maximum Gasteiger partial charge on any atom is 0.243 e. The molecule has 1 N–H and O–H groups in total. The number of carbonyl (C=O) groups is 1. The molecule has 2 aromatic rings. The van der Waals surface area contributed by atoms with Gasteiger partial charge >= 0.3 is 0 Å². The van der Waals surface area contributed by atoms with Gasteiger partial charge in [-0.1, -0.05) is 20.8 Å². The second kappa shape index (κ2) is 8.91. The molecule has 2 saturated heterocycles. The fraction of sp³-hybridized carbons (Fsp3) is 0.680. The van der Waals surface area contributed by atoms with Crippen molar-refractivity contribution < 1.29 is 17.9 Å². The van der Waals surface area contributed by atoms with Crippen molar-refractivity contribution in [3.05, 3.63) is 24.0 Å². The van der Waals surface area contributed by atoms with Gasteiger partial charge in [-0.2, -0.15) is 4.31 Å². The third-order valence-electron chi connectivity index (χ3n) is 7.26. The molecule has 0 unspecified atom stereocenters. The minimum absolute atomic E-state index is 0.0164. The number of nitrogens with one attached hydrogen (secondary N) is 1. The summed E-state index contributed by atoms with van der Waals surface area (Å²) in [6, 6.07) is 5.59. The lowest BCUT2D eigenvalue weighted by Crippen LogP contribution is -2.35. The Morgan fingerprint density at radius 3 is 2.56 bits per heavy atom. The highest BCUT2D eigenvalue weighted by molar-refractivity contribution is 7.89. The van der Waals surface area contributed by atoms with E-state index in [9.17, 15) is 13.2 Å². The molecule has 186 valence electrons. The molecule has 1 amide bonds. The lowest BCUT2D eigenvalue weighted by molar-refractivity contribution is -0.124. The summed E-state index contributed by atoms with van der Waals surface area (Å²) in [6.45, 7) is 9.48. The number of carbonyl (C=O) groups excluding carboxylic acids is 1. The van der Waals surface area contributed by atoms with E-state index >= 15 is 0 Å². The molecule has 3 aliphatic rings. The Labute approximate surface area is 202 Å². The highest BCUT2D eigenvalue weighted by Gasteiger charge is 2.38. The van der Waals surface area contributed by atoms with Crippen LogP contribution in [0.1, 0.15) is 58.7 Å². The third-order valence-corrected chi connectivity index (χ3v) is 9.12. The number of amides is 1. The van der Waals surface area contributed by atoms with Gasteiger partial charge in [0.15, 0.2) is 0 Å². The molecule has 3 heterocycles. The zero-order chi connectivity index (χ0) is 24.1. The van der Waals surface area contributed by atoms with Crippen molar-refractivity contribution in [1.29, 1.82) is 0 Å². The number of imidazole rings is 1. The number of nitrogens with zero attached hydrogens (tertiary/aromatic N) is 3. The summed E-state index contributed by atoms with van der Waals surface area (Å²) >= 11 is 0. The van der Waals surface area contributed by atoms with Gasteiger partial charge in [0.05, 0.1) is 21.8 Å². The molecule has 1 saturated carbocycles. The summed E-state index contributed by atoms with van der Waals surface area (Å²) in [7, 11) is -3.69. The molecule has 5 rings (SSSR count). The van der Waals surface area contributed by atoms with E-state index in [0.717, 1.165) is 56.8 Å². The molecule has 8 nitrogen and oxygen atoms in total. The van der Waals surface area contributed by atoms with E-state index in [1.54, 1.807) is 12.1 Å². The molecule has 0 radical (unpaired) electrons. The van der Waals surface area contributed by atoms with Crippen molar-refractivity contribution in [1.82, 2.24) is 19.2 Å². The molecular weight excluding hydrogens is 452 g/mol. The predicted molar refractivity (Wildman–Crippen MR) is 130 cm³/mol. The van der Waals surface area contributed by atoms with Gasteiger partial charge in [0, 0.05) is 44.3 Å². The zero-order valence-corrected chi connectivity index (χ0v) is 21.2. The minimum Gasteiger partial charge on any atom is -0.381 e. The molecule has 1 atom stereocenters. The van der Waals surface area contributed by atoms with E-state index in [1.165, 1.54) is 4.31 Å². The van der Waals surface area contributed by atoms with Crippen LogP contribution in [-0.2, 0) is 31.5 Å². The highest BCUT2D eigenvalue weighted by atomic mass is 32.2. The van der Waals surface area contributed by atoms with Crippen molar-refractivity contribution in [2.45, 2.75) is 75.8 Å². The highest BCUT2D eigenvalue weighted by Crippen LogP contribution is 2.32. The van der Waals surface area contributed by atoms with Crippen molar-refractivity contribution >= 4 is 27.0 Å². The quantitative estimate of drug-likeness (QED) is 0.675. The average Bonchev–Trinajstić information content (AvgIpc) is 3.32. The van der Waals surface area contributed by atoms with E-state index in [2.05, 4.69) is 30.7 Å². The molecular formula is C25H36N4O4S. The van der Waals surface area contributed by atoms with Crippen LogP contribution in [-0.4, -0.2) is 60.5 Å². The molecule has 3 fully saturated rings. The number of benzene rings is 1. The van der Waals surface area contributed by atoms with Crippen LogP contribution in [0.3, 0.4) is 0 Å². The first-order valence-corrected chi connectivity index (χ1v) is 14.0. The third kappa shape index (κ3) is 4.75. The number of fused-ring (bicyclic) bond motifs is 1. The van der Waals surface area contributed by atoms with Crippen molar-refractivity contribution in [2.75, 3.05) is 26.3 Å². The summed E-state index contributed by atoms with van der Waals surface area (Å²) in [5.74, 6) is 1.21. The average molecular weight is 489 g/mol. The number of ether oxygens (including phenoxy) is 1. The second-order valence-electron chi connectivity index (χ2n) is 11.1. The summed E-state index contributed by atoms with van der Waals surface area (Å²) in [6.07, 6.45) is 4.67. The van der Waals surface area contributed by atoms with Crippen molar-refractivity contribution in [3.63, 3.8) is 0 Å². The van der Waals surface area contributed by atoms with E-state index in [4.69, 9.17) is 9.72 Å². The van der Waals surface area contributed by atoms with Gasteiger partial charge in [0.25, 0.3) is 0 Å². The number of sulfonamides is 1. The van der Waals surface area contributed by atoms with Crippen LogP contribution in [0.15, 0.2) is 23.1 Å². The monoisotopic (exact) mass is 488 g/mol. The molecule has 1 aromatic carbocycles. The van der Waals surface area contributed by atoms with Gasteiger partial charge in [-0.15, -0.1) is 0 Å². The number of aromatic nitrogens is 2. The van der Waals surface area contributed by atoms with Gasteiger partial charge in [-0.3, -0.25) is 4.79 Å². The molecule has 9 heteroatoms. The smallest absolute Gasteiger partial charge is 0.243 e. The number of rotatable bonds is 6. The fourth-order valence-electron chi connectivity index (χ4n) is 5.07. The number of hydrogen-bond acceptors (Lipinski definition) is 5. The van der Waals surface area contributed by atoms with Gasteiger partial charge in [-0.25, -0.2) is 13.4 Å². The number of hydrogen-bond donors (Lipinski definition) is 1. The van der Waals surface area contributed by atoms with E-state index in [-0.39, 0.29) is 34.7 Å². The Morgan fingerprint density at radius 1 is 1.15 bits per heavy atom. The van der Waals surface area contributed by atoms with Crippen molar-refractivity contribution in [2.24, 2.45) is 11.8 Å². The van der Waals surface area contributed by atoms with Crippen LogP contribution in [0.25, 0.3) is 11.0 Å². The van der Waals surface area contributed by atoms with Crippen LogP contribution in [0, 0.1) is 11.8 Å². The minimum atomic E-state index is -3.69. The Balaban J connectivity index is 1.41. The van der Waals surface area contributed by atoms with Gasteiger partial charge in [0.1, 0.15) is 5.82 Å². The first-order valence-electron chi connectivity index (χ1n) is 12.5. The van der Waals surface area contributed by atoms with Gasteiger partial charge < -0.3 is 14.6 Å². The summed E-state index contributed by atoms with van der Waals surface area (Å²) in [4.78, 5) is 17.6. The SMILES string of the molecule is CC(C)(C)c1nc2cc(S(=O)(=O)N3CC[C@H](C(=O)NC4CC4)C3)ccc2n1CC1CCOCC1. The van der Waals surface area contributed by atoms with Crippen LogP contribution < -0.4 is 5.32 Å². The Morgan fingerprint density at radius 2 is 1.88 bits per heavy atom. The van der Waals surface area contributed by atoms with E-state index in [0.29, 0.717) is 24.4 Å². The lowest BCUT2D eigenvalue weighted by Gasteiger charge is -2.26. The molecule has 1 aromatic heterocycles. The maximum atomic E-state index is 13.4. The Kier molecular flexibility index (Phi) is 6.23. The topological polar surface area (TPSA) is 93.5 Å². The van der Waals surface area contributed by atoms with E-state index in [1.807, 2.05) is 6.07 Å². The largest absolute Gasteiger partial charge is 0.381 e. The van der Waals surface area contributed by atoms with Gasteiger partial charge in [0.2, 0.25) is 15.9 Å². The first kappa shape index (κ1) is 23.8. The standard InChI is InChI=1S/C25H36N4O4S/c1-25(2,3)24-27-21-14-20(6-7-22(21)29(24)15-17-9-12-33-13-10-17)34(31,32)28-11-8-18(16-28)23(30)26-19-4-5-19/h6-7,14,17-19H,4-5,8-13,15-16H2,1-3H3,(H,26,30)/t18-/m0/s1. The molecule has 2 aliphatic heterocycles. The molecule has 34 heavy (non-hydrogen) atoms. The van der Waals surface area contributed by atoms with Crippen LogP contribution in [0.2, 0.25) is 0 Å². The second-order valence-corrected chi connectivity index (χ2v) is 13.1. The fourth-order valence-corrected chi connectivity index (χ4v) is 6.59. The molecule has 0 spiro atoms. The molecule has 0 bridgehead atoms. The van der Waals surface area contributed by atoms with Crippen LogP contribution >= 0.6 is 0 Å². The Hall–Kier alpha value is -1.97. The van der Waals surface area contributed by atoms with E-state index < -0.39 is 10.0 Å². The maximum absolute atomic E-state index is 13.4.